The maximum Gasteiger partial charge on any atom is 0.342 e. The lowest BCUT2D eigenvalue weighted by atomic mass is 10.2. The molecule has 0 fully saturated rings. The van der Waals surface area contributed by atoms with Gasteiger partial charge in [0.25, 0.3) is 0 Å². The molecule has 0 bridgehead atoms. The number of esters is 1. The summed E-state index contributed by atoms with van der Waals surface area (Å²) >= 11 is 0. The van der Waals surface area contributed by atoms with Crippen molar-refractivity contribution in [3.05, 3.63) is 29.8 Å². The van der Waals surface area contributed by atoms with E-state index in [2.05, 4.69) is 18.7 Å². The molecule has 0 amide bonds. The zero-order chi connectivity index (χ0) is 14.3. The number of ether oxygens (including phenoxy) is 2. The van der Waals surface area contributed by atoms with E-state index in [9.17, 15) is 4.79 Å². The van der Waals surface area contributed by atoms with Crippen molar-refractivity contribution in [3.8, 4) is 5.75 Å². The number of hydrogen-bond donors (Lipinski definition) is 0. The lowest BCUT2D eigenvalue weighted by Gasteiger charge is -2.22. The minimum atomic E-state index is -0.336. The third-order valence-corrected chi connectivity index (χ3v) is 3.04. The number of methoxy groups -OCH3 is 1. The molecule has 4 nitrogen and oxygen atoms in total. The van der Waals surface area contributed by atoms with E-state index in [1.54, 1.807) is 25.3 Å². The highest BCUT2D eigenvalue weighted by Gasteiger charge is 2.17. The molecular weight excluding hydrogens is 242 g/mol. The molecule has 4 heteroatoms. The monoisotopic (exact) mass is 265 g/mol. The number of nitrogens with zero attached hydrogens (tertiary/aromatic N) is 1. The zero-order valence-electron chi connectivity index (χ0n) is 12.2. The summed E-state index contributed by atoms with van der Waals surface area (Å²) in [6, 6.07) is 7.10. The van der Waals surface area contributed by atoms with Gasteiger partial charge in [-0.3, -0.25) is 0 Å². The Morgan fingerprint density at radius 2 is 1.89 bits per heavy atom. The van der Waals surface area contributed by atoms with Crippen molar-refractivity contribution in [2.45, 2.75) is 26.9 Å². The van der Waals surface area contributed by atoms with Gasteiger partial charge in [-0.1, -0.05) is 26.0 Å². The molecule has 0 aliphatic carbocycles. The van der Waals surface area contributed by atoms with Crippen LogP contribution in [-0.4, -0.2) is 43.7 Å². The topological polar surface area (TPSA) is 38.8 Å². The lowest BCUT2D eigenvalue weighted by molar-refractivity contribution is 0.0257. The predicted molar refractivity (Wildman–Crippen MR) is 75.7 cm³/mol. The van der Waals surface area contributed by atoms with Gasteiger partial charge in [0.2, 0.25) is 0 Å². The molecule has 1 aromatic rings. The van der Waals surface area contributed by atoms with Gasteiger partial charge in [0.15, 0.2) is 0 Å². The van der Waals surface area contributed by atoms with E-state index >= 15 is 0 Å². The summed E-state index contributed by atoms with van der Waals surface area (Å²) in [7, 11) is 1.55. The molecular formula is C15H23NO3. The van der Waals surface area contributed by atoms with Gasteiger partial charge < -0.3 is 14.4 Å². The number of likely N-dealkylation sites (N-methyl/N-ethyl adjacent to an activating group) is 1. The van der Waals surface area contributed by atoms with Gasteiger partial charge in [-0.15, -0.1) is 0 Å². The average molecular weight is 265 g/mol. The standard InChI is InChI=1S/C15H23NO3/c1-5-16(6-2)11-12(3)19-15(17)13-9-7-8-10-14(13)18-4/h7-10,12H,5-6,11H2,1-4H3. The second kappa shape index (κ2) is 7.79. The summed E-state index contributed by atoms with van der Waals surface area (Å²) in [6.45, 7) is 8.75. The van der Waals surface area contributed by atoms with Gasteiger partial charge in [0, 0.05) is 6.54 Å². The fourth-order valence-electron chi connectivity index (χ4n) is 1.94. The Morgan fingerprint density at radius 1 is 1.26 bits per heavy atom. The van der Waals surface area contributed by atoms with Crippen LogP contribution in [0.4, 0.5) is 0 Å². The van der Waals surface area contributed by atoms with Crippen molar-refractivity contribution >= 4 is 5.97 Å². The van der Waals surface area contributed by atoms with Crippen molar-refractivity contribution < 1.29 is 14.3 Å². The Bertz CT molecular complexity index is 402. The van der Waals surface area contributed by atoms with Gasteiger partial charge in [0.1, 0.15) is 17.4 Å². The number of rotatable bonds is 7. The predicted octanol–water partition coefficient (Wildman–Crippen LogP) is 2.58. The van der Waals surface area contributed by atoms with Gasteiger partial charge in [-0.25, -0.2) is 4.79 Å². The van der Waals surface area contributed by atoms with Gasteiger partial charge >= 0.3 is 5.97 Å². The van der Waals surface area contributed by atoms with Crippen molar-refractivity contribution in [2.24, 2.45) is 0 Å². The van der Waals surface area contributed by atoms with Crippen LogP contribution in [0.5, 0.6) is 5.75 Å². The third-order valence-electron chi connectivity index (χ3n) is 3.04. The van der Waals surface area contributed by atoms with Crippen LogP contribution < -0.4 is 4.74 Å². The maximum absolute atomic E-state index is 12.1. The van der Waals surface area contributed by atoms with Gasteiger partial charge in [0.05, 0.1) is 7.11 Å². The molecule has 0 aliphatic rings. The summed E-state index contributed by atoms with van der Waals surface area (Å²) in [5.41, 5.74) is 0.469. The fourth-order valence-corrected chi connectivity index (χ4v) is 1.94. The first-order chi connectivity index (χ1) is 9.12. The first kappa shape index (κ1) is 15.5. The highest BCUT2D eigenvalue weighted by molar-refractivity contribution is 5.92. The van der Waals surface area contributed by atoms with Crippen LogP contribution in [0.3, 0.4) is 0 Å². The SMILES string of the molecule is CCN(CC)CC(C)OC(=O)c1ccccc1OC. The van der Waals surface area contributed by atoms with E-state index in [1.807, 2.05) is 13.0 Å². The number of benzene rings is 1. The second-order valence-corrected chi connectivity index (χ2v) is 4.40. The molecule has 106 valence electrons. The highest BCUT2D eigenvalue weighted by atomic mass is 16.5. The molecule has 0 saturated carbocycles. The Hall–Kier alpha value is -1.55. The number of hydrogen-bond acceptors (Lipinski definition) is 4. The van der Waals surface area contributed by atoms with Crippen molar-refractivity contribution in [2.75, 3.05) is 26.7 Å². The smallest absolute Gasteiger partial charge is 0.342 e. The lowest BCUT2D eigenvalue weighted by Crippen LogP contribution is -2.33. The van der Waals surface area contributed by atoms with E-state index in [0.717, 1.165) is 19.6 Å². The Labute approximate surface area is 115 Å². The summed E-state index contributed by atoms with van der Waals surface area (Å²) < 4.78 is 10.6. The Morgan fingerprint density at radius 3 is 2.47 bits per heavy atom. The van der Waals surface area contributed by atoms with Crippen LogP contribution in [0.15, 0.2) is 24.3 Å². The Balaban J connectivity index is 2.63. The summed E-state index contributed by atoms with van der Waals surface area (Å²) in [5, 5.41) is 0. The maximum atomic E-state index is 12.1. The van der Waals surface area contributed by atoms with Crippen LogP contribution in [0, 0.1) is 0 Å². The normalized spacial score (nSPS) is 12.3. The summed E-state index contributed by atoms with van der Waals surface area (Å²) in [6.07, 6.45) is -0.141. The number of para-hydroxylation sites is 1. The van der Waals surface area contributed by atoms with Crippen LogP contribution in [0.25, 0.3) is 0 Å². The van der Waals surface area contributed by atoms with Crippen LogP contribution in [0.2, 0.25) is 0 Å². The minimum Gasteiger partial charge on any atom is -0.496 e. The molecule has 1 aromatic carbocycles. The van der Waals surface area contributed by atoms with Gasteiger partial charge in [-0.2, -0.15) is 0 Å². The molecule has 0 heterocycles. The van der Waals surface area contributed by atoms with E-state index in [0.29, 0.717) is 11.3 Å². The number of carbonyl (C=O) groups excluding carboxylic acids is 1. The third kappa shape index (κ3) is 4.56. The van der Waals surface area contributed by atoms with Crippen LogP contribution in [0.1, 0.15) is 31.1 Å². The van der Waals surface area contributed by atoms with E-state index in [1.165, 1.54) is 0 Å². The first-order valence-corrected chi connectivity index (χ1v) is 6.68. The van der Waals surface area contributed by atoms with E-state index < -0.39 is 0 Å². The van der Waals surface area contributed by atoms with Crippen molar-refractivity contribution in [1.29, 1.82) is 0 Å². The van der Waals surface area contributed by atoms with Crippen LogP contribution in [-0.2, 0) is 4.74 Å². The molecule has 0 spiro atoms. The zero-order valence-corrected chi connectivity index (χ0v) is 12.2. The highest BCUT2D eigenvalue weighted by Crippen LogP contribution is 2.18. The molecule has 0 aromatic heterocycles. The fraction of sp³-hybridized carbons (Fsp3) is 0.533. The minimum absolute atomic E-state index is 0.141. The quantitative estimate of drug-likeness (QED) is 0.710. The average Bonchev–Trinajstić information content (AvgIpc) is 2.44. The molecule has 1 atom stereocenters. The molecule has 19 heavy (non-hydrogen) atoms. The second-order valence-electron chi connectivity index (χ2n) is 4.40. The van der Waals surface area contributed by atoms with Crippen LogP contribution >= 0.6 is 0 Å². The molecule has 0 N–H and O–H groups in total. The molecule has 0 aliphatic heterocycles. The summed E-state index contributed by atoms with van der Waals surface area (Å²) in [5.74, 6) is 0.208. The molecule has 0 radical (unpaired) electrons. The molecule has 1 unspecified atom stereocenters. The van der Waals surface area contributed by atoms with E-state index in [-0.39, 0.29) is 12.1 Å². The van der Waals surface area contributed by atoms with Crippen molar-refractivity contribution in [1.82, 2.24) is 4.90 Å². The molecule has 0 saturated heterocycles. The molecule has 1 rings (SSSR count). The largest absolute Gasteiger partial charge is 0.496 e. The van der Waals surface area contributed by atoms with Gasteiger partial charge in [-0.05, 0) is 32.1 Å². The Kier molecular flexibility index (Phi) is 6.36. The number of carbonyl (C=O) groups is 1. The summed E-state index contributed by atoms with van der Waals surface area (Å²) in [4.78, 5) is 14.3. The van der Waals surface area contributed by atoms with E-state index in [4.69, 9.17) is 9.47 Å². The first-order valence-electron chi connectivity index (χ1n) is 6.68. The van der Waals surface area contributed by atoms with Crippen molar-refractivity contribution in [3.63, 3.8) is 0 Å².